The second kappa shape index (κ2) is 8.08. The summed E-state index contributed by atoms with van der Waals surface area (Å²) >= 11 is 0. The first-order valence-electron chi connectivity index (χ1n) is 8.67. The van der Waals surface area contributed by atoms with Gasteiger partial charge in [0, 0.05) is 18.7 Å². The molecule has 1 atom stereocenters. The fourth-order valence-corrected chi connectivity index (χ4v) is 3.88. The van der Waals surface area contributed by atoms with E-state index in [2.05, 4.69) is 10.0 Å². The first-order chi connectivity index (χ1) is 12.8. The van der Waals surface area contributed by atoms with Crippen molar-refractivity contribution in [2.75, 3.05) is 18.5 Å². The average molecular weight is 390 g/mol. The molecule has 0 spiro atoms. The Labute approximate surface area is 158 Å². The molecule has 1 aliphatic rings. The van der Waals surface area contributed by atoms with E-state index in [-0.39, 0.29) is 28.9 Å². The van der Waals surface area contributed by atoms with Gasteiger partial charge in [0.05, 0.1) is 16.7 Å². The largest absolute Gasteiger partial charge is 0.506 e. The van der Waals surface area contributed by atoms with Gasteiger partial charge in [-0.3, -0.25) is 4.79 Å². The van der Waals surface area contributed by atoms with Gasteiger partial charge in [-0.05, 0) is 61.7 Å². The molecule has 0 bridgehead atoms. The Balaban J connectivity index is 1.65. The third-order valence-corrected chi connectivity index (χ3v) is 5.79. The number of carbonyl (C=O) groups excluding carboxylic acids is 1. The van der Waals surface area contributed by atoms with Crippen LogP contribution in [0, 0.1) is 6.92 Å². The number of rotatable bonds is 6. The molecule has 2 aromatic carbocycles. The first kappa shape index (κ1) is 19.3. The lowest BCUT2D eigenvalue weighted by Crippen LogP contribution is -2.31. The lowest BCUT2D eigenvalue weighted by Gasteiger charge is -2.12. The monoisotopic (exact) mass is 390 g/mol. The third kappa shape index (κ3) is 4.85. The number of sulfonamides is 1. The van der Waals surface area contributed by atoms with Crippen LogP contribution in [0.15, 0.2) is 47.4 Å². The van der Waals surface area contributed by atoms with E-state index < -0.39 is 15.9 Å². The van der Waals surface area contributed by atoms with Gasteiger partial charge < -0.3 is 15.2 Å². The molecule has 27 heavy (non-hydrogen) atoms. The number of phenolic OH excluding ortho intramolecular Hbond substituents is 1. The lowest BCUT2D eigenvalue weighted by atomic mass is 10.2. The summed E-state index contributed by atoms with van der Waals surface area (Å²) in [7, 11) is -3.66. The Bertz CT molecular complexity index is 920. The average Bonchev–Trinajstić information content (AvgIpc) is 3.16. The van der Waals surface area contributed by atoms with Crippen molar-refractivity contribution in [1.29, 1.82) is 0 Å². The summed E-state index contributed by atoms with van der Waals surface area (Å²) < 4.78 is 32.6. The molecule has 144 valence electrons. The number of carbonyl (C=O) groups is 1. The molecule has 3 rings (SSSR count). The van der Waals surface area contributed by atoms with Crippen molar-refractivity contribution in [3.63, 3.8) is 0 Å². The second-order valence-electron chi connectivity index (χ2n) is 6.49. The predicted octanol–water partition coefficient (Wildman–Crippen LogP) is 2.41. The molecule has 1 aliphatic heterocycles. The first-order valence-corrected chi connectivity index (χ1v) is 10.2. The molecule has 0 aromatic heterocycles. The van der Waals surface area contributed by atoms with Gasteiger partial charge in [-0.25, -0.2) is 13.1 Å². The number of phenols is 1. The number of hydrogen-bond donors (Lipinski definition) is 3. The van der Waals surface area contributed by atoms with Crippen LogP contribution in [0.4, 0.5) is 5.69 Å². The van der Waals surface area contributed by atoms with E-state index in [1.54, 1.807) is 18.2 Å². The van der Waals surface area contributed by atoms with Gasteiger partial charge in [0.25, 0.3) is 5.91 Å². The summed E-state index contributed by atoms with van der Waals surface area (Å²) in [5, 5.41) is 12.5. The molecule has 8 heteroatoms. The van der Waals surface area contributed by atoms with Crippen LogP contribution in [-0.2, 0) is 14.8 Å². The highest BCUT2D eigenvalue weighted by Crippen LogP contribution is 2.24. The van der Waals surface area contributed by atoms with E-state index >= 15 is 0 Å². The summed E-state index contributed by atoms with van der Waals surface area (Å²) in [4.78, 5) is 12.4. The van der Waals surface area contributed by atoms with Crippen LogP contribution in [0.25, 0.3) is 0 Å². The topological polar surface area (TPSA) is 105 Å². The molecule has 0 aliphatic carbocycles. The summed E-state index contributed by atoms with van der Waals surface area (Å²) in [6.45, 7) is 2.72. The van der Waals surface area contributed by atoms with Crippen molar-refractivity contribution >= 4 is 21.6 Å². The van der Waals surface area contributed by atoms with Gasteiger partial charge in [-0.15, -0.1) is 0 Å². The van der Waals surface area contributed by atoms with Gasteiger partial charge in [0.1, 0.15) is 5.75 Å². The van der Waals surface area contributed by atoms with E-state index in [1.165, 1.54) is 24.3 Å². The molecular formula is C19H22N2O5S. The predicted molar refractivity (Wildman–Crippen MR) is 101 cm³/mol. The van der Waals surface area contributed by atoms with Gasteiger partial charge in [0.2, 0.25) is 10.0 Å². The van der Waals surface area contributed by atoms with Gasteiger partial charge in [-0.2, -0.15) is 0 Å². The zero-order valence-corrected chi connectivity index (χ0v) is 15.8. The molecule has 1 heterocycles. The SMILES string of the molecule is Cc1ccc(NC(=O)c2ccc(S(=O)(=O)NC[C@H]3CCCO3)cc2)c(O)c1. The second-order valence-corrected chi connectivity index (χ2v) is 8.25. The van der Waals surface area contributed by atoms with Gasteiger partial charge in [-0.1, -0.05) is 6.07 Å². The van der Waals surface area contributed by atoms with E-state index in [1.807, 2.05) is 6.92 Å². The fourth-order valence-electron chi connectivity index (χ4n) is 2.82. The van der Waals surface area contributed by atoms with E-state index in [9.17, 15) is 18.3 Å². The highest BCUT2D eigenvalue weighted by atomic mass is 32.2. The van der Waals surface area contributed by atoms with E-state index in [0.717, 1.165) is 18.4 Å². The quantitative estimate of drug-likeness (QED) is 0.657. The highest BCUT2D eigenvalue weighted by Gasteiger charge is 2.20. The maximum Gasteiger partial charge on any atom is 0.255 e. The molecule has 0 unspecified atom stereocenters. The smallest absolute Gasteiger partial charge is 0.255 e. The molecule has 7 nitrogen and oxygen atoms in total. The maximum absolute atomic E-state index is 12.3. The minimum atomic E-state index is -3.66. The summed E-state index contributed by atoms with van der Waals surface area (Å²) in [6, 6.07) is 10.5. The molecule has 0 saturated carbocycles. The zero-order valence-electron chi connectivity index (χ0n) is 14.9. The van der Waals surface area contributed by atoms with Gasteiger partial charge in [0.15, 0.2) is 0 Å². The molecule has 2 aromatic rings. The Morgan fingerprint density at radius 2 is 1.96 bits per heavy atom. The van der Waals surface area contributed by atoms with Crippen LogP contribution in [0.5, 0.6) is 5.75 Å². The van der Waals surface area contributed by atoms with Crippen LogP contribution in [-0.4, -0.2) is 38.7 Å². The summed E-state index contributed by atoms with van der Waals surface area (Å²) in [5.74, 6) is -0.466. The number of nitrogens with one attached hydrogen (secondary N) is 2. The number of hydrogen-bond acceptors (Lipinski definition) is 5. The van der Waals surface area contributed by atoms with Crippen molar-refractivity contribution < 1.29 is 23.1 Å². The molecule has 3 N–H and O–H groups in total. The van der Waals surface area contributed by atoms with Crippen LogP contribution in [0.1, 0.15) is 28.8 Å². The van der Waals surface area contributed by atoms with Crippen LogP contribution < -0.4 is 10.0 Å². The van der Waals surface area contributed by atoms with Crippen molar-refractivity contribution in [2.24, 2.45) is 0 Å². The number of ether oxygens (including phenoxy) is 1. The number of aryl methyl sites for hydroxylation is 1. The summed E-state index contributed by atoms with van der Waals surface area (Å²) in [5.41, 5.74) is 1.45. The Morgan fingerprint density at radius 1 is 1.22 bits per heavy atom. The maximum atomic E-state index is 12.3. The molecular weight excluding hydrogens is 368 g/mol. The fraction of sp³-hybridized carbons (Fsp3) is 0.316. The molecule has 0 radical (unpaired) electrons. The molecule has 1 fully saturated rings. The van der Waals surface area contributed by atoms with E-state index in [0.29, 0.717) is 12.3 Å². The van der Waals surface area contributed by atoms with Gasteiger partial charge >= 0.3 is 0 Å². The molecule has 1 amide bonds. The number of anilines is 1. The van der Waals surface area contributed by atoms with Crippen LogP contribution in [0.2, 0.25) is 0 Å². The minimum Gasteiger partial charge on any atom is -0.506 e. The Hall–Kier alpha value is -2.42. The molecule has 1 saturated heterocycles. The normalized spacial score (nSPS) is 17.0. The zero-order chi connectivity index (χ0) is 19.4. The van der Waals surface area contributed by atoms with Crippen LogP contribution in [0.3, 0.4) is 0 Å². The van der Waals surface area contributed by atoms with Crippen molar-refractivity contribution in [3.05, 3.63) is 53.6 Å². The minimum absolute atomic E-state index is 0.0270. The number of aromatic hydroxyl groups is 1. The van der Waals surface area contributed by atoms with Crippen LogP contribution >= 0.6 is 0 Å². The van der Waals surface area contributed by atoms with E-state index in [4.69, 9.17) is 4.74 Å². The number of amides is 1. The lowest BCUT2D eigenvalue weighted by molar-refractivity contribution is 0.102. The highest BCUT2D eigenvalue weighted by molar-refractivity contribution is 7.89. The standard InChI is InChI=1S/C19H22N2O5S/c1-13-4-9-17(18(22)11-13)21-19(23)14-5-7-16(8-6-14)27(24,25)20-12-15-3-2-10-26-15/h4-9,11,15,20,22H,2-3,10,12H2,1H3,(H,21,23)/t15-/m1/s1. The van der Waals surface area contributed by atoms with Crippen molar-refractivity contribution in [3.8, 4) is 5.75 Å². The Kier molecular flexibility index (Phi) is 5.79. The van der Waals surface area contributed by atoms with Crippen molar-refractivity contribution in [1.82, 2.24) is 4.72 Å². The number of benzene rings is 2. The summed E-state index contributed by atoms with van der Waals surface area (Å²) in [6.07, 6.45) is 1.69. The Morgan fingerprint density at radius 3 is 2.59 bits per heavy atom. The van der Waals surface area contributed by atoms with Crippen molar-refractivity contribution in [2.45, 2.75) is 30.8 Å². The third-order valence-electron chi connectivity index (χ3n) is 4.35.